The van der Waals surface area contributed by atoms with E-state index in [2.05, 4.69) is 0 Å². The second kappa shape index (κ2) is 6.28. The van der Waals surface area contributed by atoms with Crippen molar-refractivity contribution in [3.63, 3.8) is 0 Å². The zero-order valence-corrected chi connectivity index (χ0v) is 12.0. The van der Waals surface area contributed by atoms with Crippen LogP contribution < -0.4 is 15.4 Å². The van der Waals surface area contributed by atoms with Crippen molar-refractivity contribution in [3.05, 3.63) is 53.6 Å². The number of nitrogens with two attached hydrogens (primary N) is 1. The third-order valence-corrected chi connectivity index (χ3v) is 3.33. The van der Waals surface area contributed by atoms with Gasteiger partial charge in [0.15, 0.2) is 11.5 Å². The molecule has 0 saturated heterocycles. The van der Waals surface area contributed by atoms with E-state index in [1.54, 1.807) is 25.2 Å². The van der Waals surface area contributed by atoms with Crippen molar-refractivity contribution < 1.29 is 14.6 Å². The van der Waals surface area contributed by atoms with Crippen LogP contribution in [0.4, 0.5) is 5.69 Å². The number of para-hydroxylation sites is 2. The van der Waals surface area contributed by atoms with Gasteiger partial charge in [0.25, 0.3) is 5.91 Å². The molecule has 0 bridgehead atoms. The number of amides is 1. The molecule has 5 nitrogen and oxygen atoms in total. The lowest BCUT2D eigenvalue weighted by Gasteiger charge is -2.21. The summed E-state index contributed by atoms with van der Waals surface area (Å²) in [7, 11) is 3.09. The van der Waals surface area contributed by atoms with Crippen LogP contribution in [-0.2, 0) is 6.54 Å². The average Bonchev–Trinajstić information content (AvgIpc) is 2.53. The van der Waals surface area contributed by atoms with Gasteiger partial charge in [0.1, 0.15) is 0 Å². The highest BCUT2D eigenvalue weighted by atomic mass is 16.5. The molecule has 0 aliphatic carbocycles. The Bertz CT molecular complexity index is 656. The lowest BCUT2D eigenvalue weighted by atomic mass is 10.1. The van der Waals surface area contributed by atoms with E-state index in [9.17, 15) is 9.90 Å². The van der Waals surface area contributed by atoms with E-state index >= 15 is 0 Å². The molecule has 2 aromatic carbocycles. The molecule has 2 aromatic rings. The minimum absolute atomic E-state index is 0.165. The third-order valence-electron chi connectivity index (χ3n) is 3.33. The molecule has 3 N–H and O–H groups in total. The lowest BCUT2D eigenvalue weighted by molar-refractivity contribution is 0.0989. The largest absolute Gasteiger partial charge is 0.504 e. The van der Waals surface area contributed by atoms with E-state index in [1.165, 1.54) is 12.0 Å². The highest BCUT2D eigenvalue weighted by molar-refractivity contribution is 6.08. The molecule has 0 unspecified atom stereocenters. The number of carbonyl (C=O) groups is 1. The number of anilines is 1. The fourth-order valence-electron chi connectivity index (χ4n) is 2.16. The van der Waals surface area contributed by atoms with Crippen LogP contribution in [0.2, 0.25) is 0 Å². The first-order chi connectivity index (χ1) is 10.1. The van der Waals surface area contributed by atoms with Crippen molar-refractivity contribution in [1.82, 2.24) is 0 Å². The fraction of sp³-hybridized carbons (Fsp3) is 0.188. The summed E-state index contributed by atoms with van der Waals surface area (Å²) in [5.41, 5.74) is 7.45. The van der Waals surface area contributed by atoms with Gasteiger partial charge in [0, 0.05) is 19.3 Å². The van der Waals surface area contributed by atoms with Crippen LogP contribution in [0.25, 0.3) is 0 Å². The van der Waals surface area contributed by atoms with Gasteiger partial charge in [-0.1, -0.05) is 24.3 Å². The van der Waals surface area contributed by atoms with E-state index in [0.717, 1.165) is 5.56 Å². The van der Waals surface area contributed by atoms with E-state index in [0.29, 0.717) is 12.2 Å². The summed E-state index contributed by atoms with van der Waals surface area (Å²) < 4.78 is 5.03. The summed E-state index contributed by atoms with van der Waals surface area (Å²) in [4.78, 5) is 14.0. The first-order valence-corrected chi connectivity index (χ1v) is 6.52. The van der Waals surface area contributed by atoms with Crippen molar-refractivity contribution in [2.75, 3.05) is 19.1 Å². The Balaban J connectivity index is 2.40. The highest BCUT2D eigenvalue weighted by Gasteiger charge is 2.20. The van der Waals surface area contributed by atoms with E-state index in [4.69, 9.17) is 10.5 Å². The number of ether oxygens (including phenoxy) is 1. The maximum Gasteiger partial charge on any atom is 0.261 e. The standard InChI is InChI=1S/C16H18N2O3/c1-18(13-8-4-3-6-11(13)10-17)16(20)12-7-5-9-14(21-2)15(12)19/h3-9,19H,10,17H2,1-2H3. The predicted molar refractivity (Wildman–Crippen MR) is 81.7 cm³/mol. The molecule has 2 rings (SSSR count). The normalized spacial score (nSPS) is 10.2. The van der Waals surface area contributed by atoms with Gasteiger partial charge in [-0.25, -0.2) is 0 Å². The molecule has 110 valence electrons. The monoisotopic (exact) mass is 286 g/mol. The van der Waals surface area contributed by atoms with Crippen LogP contribution in [0.1, 0.15) is 15.9 Å². The van der Waals surface area contributed by atoms with Crippen LogP contribution in [-0.4, -0.2) is 25.2 Å². The number of carbonyl (C=O) groups excluding carboxylic acids is 1. The van der Waals surface area contributed by atoms with Crippen LogP contribution in [0.5, 0.6) is 11.5 Å². The quantitative estimate of drug-likeness (QED) is 0.903. The maximum atomic E-state index is 12.6. The summed E-state index contributed by atoms with van der Waals surface area (Å²) in [6.07, 6.45) is 0. The Hall–Kier alpha value is -2.53. The molecule has 0 atom stereocenters. The summed E-state index contributed by atoms with van der Waals surface area (Å²) in [5, 5.41) is 10.1. The number of hydrogen-bond donors (Lipinski definition) is 2. The number of phenols is 1. The van der Waals surface area contributed by atoms with Crippen molar-refractivity contribution in [1.29, 1.82) is 0 Å². The number of hydrogen-bond acceptors (Lipinski definition) is 4. The molecule has 0 saturated carbocycles. The van der Waals surface area contributed by atoms with Gasteiger partial charge in [0.05, 0.1) is 12.7 Å². The van der Waals surface area contributed by atoms with Gasteiger partial charge < -0.3 is 20.5 Å². The molecule has 0 aliphatic rings. The van der Waals surface area contributed by atoms with Crippen LogP contribution >= 0.6 is 0 Å². The van der Waals surface area contributed by atoms with E-state index < -0.39 is 0 Å². The first-order valence-electron chi connectivity index (χ1n) is 6.52. The Morgan fingerprint density at radius 3 is 2.62 bits per heavy atom. The Morgan fingerprint density at radius 1 is 1.24 bits per heavy atom. The molecule has 0 spiro atoms. The molecule has 0 aromatic heterocycles. The number of methoxy groups -OCH3 is 1. The summed E-state index contributed by atoms with van der Waals surface area (Å²) in [6, 6.07) is 12.2. The average molecular weight is 286 g/mol. The minimum atomic E-state index is -0.327. The lowest BCUT2D eigenvalue weighted by Crippen LogP contribution is -2.27. The van der Waals surface area contributed by atoms with Gasteiger partial charge in [-0.15, -0.1) is 0 Å². The molecule has 0 radical (unpaired) electrons. The smallest absolute Gasteiger partial charge is 0.261 e. The second-order valence-corrected chi connectivity index (χ2v) is 4.55. The predicted octanol–water partition coefficient (Wildman–Crippen LogP) is 2.14. The van der Waals surface area contributed by atoms with Gasteiger partial charge >= 0.3 is 0 Å². The van der Waals surface area contributed by atoms with Crippen molar-refractivity contribution in [2.24, 2.45) is 5.73 Å². The van der Waals surface area contributed by atoms with Crippen molar-refractivity contribution in [2.45, 2.75) is 6.54 Å². The van der Waals surface area contributed by atoms with Gasteiger partial charge in [-0.3, -0.25) is 4.79 Å². The summed E-state index contributed by atoms with van der Waals surface area (Å²) in [6.45, 7) is 0.331. The fourth-order valence-corrected chi connectivity index (χ4v) is 2.16. The Labute approximate surface area is 123 Å². The van der Waals surface area contributed by atoms with E-state index in [1.807, 2.05) is 24.3 Å². The molecular weight excluding hydrogens is 268 g/mol. The van der Waals surface area contributed by atoms with Crippen LogP contribution in [0, 0.1) is 0 Å². The van der Waals surface area contributed by atoms with Crippen LogP contribution in [0.15, 0.2) is 42.5 Å². The van der Waals surface area contributed by atoms with Gasteiger partial charge in [-0.05, 0) is 23.8 Å². The topological polar surface area (TPSA) is 75.8 Å². The van der Waals surface area contributed by atoms with Crippen molar-refractivity contribution >= 4 is 11.6 Å². The zero-order chi connectivity index (χ0) is 15.4. The molecular formula is C16H18N2O3. The number of rotatable bonds is 4. The summed E-state index contributed by atoms with van der Waals surface area (Å²) >= 11 is 0. The maximum absolute atomic E-state index is 12.6. The minimum Gasteiger partial charge on any atom is -0.504 e. The molecule has 1 amide bonds. The first kappa shape index (κ1) is 14.9. The second-order valence-electron chi connectivity index (χ2n) is 4.55. The number of benzene rings is 2. The van der Waals surface area contributed by atoms with Gasteiger partial charge in [0.2, 0.25) is 0 Å². The summed E-state index contributed by atoms with van der Waals surface area (Å²) in [5.74, 6) is -0.226. The SMILES string of the molecule is COc1cccc(C(=O)N(C)c2ccccc2CN)c1O. The molecule has 5 heteroatoms. The Morgan fingerprint density at radius 2 is 1.95 bits per heavy atom. The Kier molecular flexibility index (Phi) is 4.45. The van der Waals surface area contributed by atoms with Gasteiger partial charge in [-0.2, -0.15) is 0 Å². The molecule has 0 heterocycles. The highest BCUT2D eigenvalue weighted by Crippen LogP contribution is 2.31. The van der Waals surface area contributed by atoms with Crippen LogP contribution in [0.3, 0.4) is 0 Å². The molecule has 0 aliphatic heterocycles. The number of phenolic OH excluding ortho intramolecular Hbond substituents is 1. The number of aromatic hydroxyl groups is 1. The zero-order valence-electron chi connectivity index (χ0n) is 12.0. The van der Waals surface area contributed by atoms with Crippen molar-refractivity contribution in [3.8, 4) is 11.5 Å². The third kappa shape index (κ3) is 2.83. The number of nitrogens with zero attached hydrogens (tertiary/aromatic N) is 1. The molecule has 21 heavy (non-hydrogen) atoms. The van der Waals surface area contributed by atoms with E-state index in [-0.39, 0.29) is 23.0 Å². The molecule has 0 fully saturated rings.